The number of aromatic nitrogens is 2. The molecule has 0 saturated carbocycles. The summed E-state index contributed by atoms with van der Waals surface area (Å²) in [5.41, 5.74) is 13.5. The fourth-order valence-electron chi connectivity index (χ4n) is 5.46. The van der Waals surface area contributed by atoms with Crippen molar-refractivity contribution in [2.75, 3.05) is 50.0 Å². The molecule has 5 N–H and O–H groups in total. The van der Waals surface area contributed by atoms with Gasteiger partial charge in [-0.05, 0) is 62.0 Å². The normalized spacial score (nSPS) is 20.1. The van der Waals surface area contributed by atoms with Crippen LogP contribution in [0.15, 0.2) is 18.2 Å². The molecule has 1 aromatic heterocycles. The van der Waals surface area contributed by atoms with Gasteiger partial charge in [0.1, 0.15) is 0 Å². The number of likely N-dealkylation sites (tertiary alicyclic amines) is 1. The van der Waals surface area contributed by atoms with Crippen LogP contribution in [0.25, 0.3) is 0 Å². The Morgan fingerprint density at radius 3 is 2.56 bits per heavy atom. The van der Waals surface area contributed by atoms with E-state index < -0.39 is 5.91 Å². The topological polar surface area (TPSA) is 125 Å². The number of aliphatic hydroxyl groups is 1. The monoisotopic (exact) mass is 535 g/mol. The summed E-state index contributed by atoms with van der Waals surface area (Å²) in [5, 5.41) is 10.3. The third-order valence-electron chi connectivity index (χ3n) is 7.37. The quantitative estimate of drug-likeness (QED) is 0.470. The number of nitrogens with two attached hydrogens (primary N) is 2. The SMILES string of the molecule is CCC1CN(c2nc(N)c(C(N)=O)nc2Cl)CCN1C1CCN(Cc2ccc(Cl)cc2CCO)CC1. The van der Waals surface area contributed by atoms with Crippen molar-refractivity contribution in [2.45, 2.75) is 51.2 Å². The van der Waals surface area contributed by atoms with Crippen LogP contribution in [-0.2, 0) is 13.0 Å². The lowest BCUT2D eigenvalue weighted by molar-refractivity contribution is 0.0609. The number of nitrogens with zero attached hydrogens (tertiary/aromatic N) is 5. The van der Waals surface area contributed by atoms with Gasteiger partial charge in [-0.2, -0.15) is 0 Å². The summed E-state index contributed by atoms with van der Waals surface area (Å²) in [6, 6.07) is 6.87. The van der Waals surface area contributed by atoms with E-state index in [0.29, 0.717) is 29.3 Å². The number of piperazine rings is 1. The van der Waals surface area contributed by atoms with Gasteiger partial charge < -0.3 is 21.5 Å². The van der Waals surface area contributed by atoms with Crippen LogP contribution >= 0.6 is 23.2 Å². The number of primary amides is 1. The molecular weight excluding hydrogens is 501 g/mol. The molecule has 1 atom stereocenters. The molecule has 11 heteroatoms. The fourth-order valence-corrected chi connectivity index (χ4v) is 5.90. The first-order valence-corrected chi connectivity index (χ1v) is 13.3. The van der Waals surface area contributed by atoms with E-state index in [2.05, 4.69) is 37.7 Å². The van der Waals surface area contributed by atoms with Crippen molar-refractivity contribution in [2.24, 2.45) is 5.73 Å². The van der Waals surface area contributed by atoms with Crippen molar-refractivity contribution in [3.63, 3.8) is 0 Å². The summed E-state index contributed by atoms with van der Waals surface area (Å²) in [5.74, 6) is -0.224. The van der Waals surface area contributed by atoms with Gasteiger partial charge in [0.15, 0.2) is 22.5 Å². The maximum Gasteiger partial charge on any atom is 0.271 e. The van der Waals surface area contributed by atoms with Crippen LogP contribution in [0.4, 0.5) is 11.6 Å². The summed E-state index contributed by atoms with van der Waals surface area (Å²) < 4.78 is 0. The number of benzene rings is 1. The summed E-state index contributed by atoms with van der Waals surface area (Å²) in [7, 11) is 0. The number of nitrogen functional groups attached to an aromatic ring is 1. The minimum absolute atomic E-state index is 0.00702. The van der Waals surface area contributed by atoms with Crippen molar-refractivity contribution in [1.29, 1.82) is 0 Å². The van der Waals surface area contributed by atoms with E-state index in [9.17, 15) is 9.90 Å². The second-order valence-electron chi connectivity index (χ2n) is 9.58. The second-order valence-corrected chi connectivity index (χ2v) is 10.4. The zero-order valence-electron chi connectivity index (χ0n) is 20.7. The van der Waals surface area contributed by atoms with Crippen molar-refractivity contribution in [3.05, 3.63) is 45.2 Å². The average molecular weight is 537 g/mol. The molecular formula is C25H35Cl2N7O2. The molecule has 0 radical (unpaired) electrons. The molecule has 2 aromatic rings. The average Bonchev–Trinajstić information content (AvgIpc) is 2.87. The fraction of sp³-hybridized carbons (Fsp3) is 0.560. The number of aliphatic hydroxyl groups excluding tert-OH is 1. The van der Waals surface area contributed by atoms with Crippen LogP contribution in [0.1, 0.15) is 47.8 Å². The highest BCUT2D eigenvalue weighted by Crippen LogP contribution is 2.30. The molecule has 2 aliphatic heterocycles. The molecule has 196 valence electrons. The maximum atomic E-state index is 11.5. The molecule has 36 heavy (non-hydrogen) atoms. The standard InChI is InChI=1S/C25H35Cl2N7O2/c1-2-19-15-33(25-22(27)30-21(24(29)36)23(28)31-25)10-11-34(19)20-5-8-32(9-6-20)14-17-3-4-18(26)13-16(17)7-12-35/h3-4,13,19-20,35H,2,5-12,14-15H2,1H3,(H2,28,31)(H2,29,36). The van der Waals surface area contributed by atoms with Crippen LogP contribution in [-0.4, -0.2) is 82.2 Å². The Bertz CT molecular complexity index is 1080. The van der Waals surface area contributed by atoms with Crippen LogP contribution in [0, 0.1) is 0 Å². The zero-order valence-corrected chi connectivity index (χ0v) is 22.2. The van der Waals surface area contributed by atoms with Gasteiger partial charge in [-0.25, -0.2) is 9.97 Å². The lowest BCUT2D eigenvalue weighted by Gasteiger charge is -2.47. The first kappa shape index (κ1) is 26.9. The third kappa shape index (κ3) is 6.03. The first-order valence-electron chi connectivity index (χ1n) is 12.5. The van der Waals surface area contributed by atoms with Crippen molar-refractivity contribution < 1.29 is 9.90 Å². The van der Waals surface area contributed by atoms with E-state index in [1.165, 1.54) is 5.56 Å². The first-order chi connectivity index (χ1) is 17.3. The van der Waals surface area contributed by atoms with E-state index in [0.717, 1.165) is 64.1 Å². The Balaban J connectivity index is 1.37. The van der Waals surface area contributed by atoms with E-state index in [1.54, 1.807) is 0 Å². The van der Waals surface area contributed by atoms with Gasteiger partial charge in [0.25, 0.3) is 5.91 Å². The lowest BCUT2D eigenvalue weighted by Crippen LogP contribution is -2.58. The Morgan fingerprint density at radius 2 is 1.89 bits per heavy atom. The number of carbonyl (C=O) groups is 1. The van der Waals surface area contributed by atoms with E-state index in [4.69, 9.17) is 34.7 Å². The highest BCUT2D eigenvalue weighted by molar-refractivity contribution is 6.32. The molecule has 2 fully saturated rings. The number of hydrogen-bond acceptors (Lipinski definition) is 8. The Kier molecular flexibility index (Phi) is 8.90. The van der Waals surface area contributed by atoms with Crippen LogP contribution in [0.2, 0.25) is 10.2 Å². The Hall–Kier alpha value is -2.17. The maximum absolute atomic E-state index is 11.5. The summed E-state index contributed by atoms with van der Waals surface area (Å²) in [6.45, 7) is 7.71. The van der Waals surface area contributed by atoms with Crippen LogP contribution in [0.3, 0.4) is 0 Å². The third-order valence-corrected chi connectivity index (χ3v) is 7.85. The molecule has 3 heterocycles. The van der Waals surface area contributed by atoms with Crippen molar-refractivity contribution in [1.82, 2.24) is 19.8 Å². The van der Waals surface area contributed by atoms with Gasteiger partial charge in [-0.15, -0.1) is 0 Å². The molecule has 9 nitrogen and oxygen atoms in total. The summed E-state index contributed by atoms with van der Waals surface area (Å²) >= 11 is 12.5. The number of carbonyl (C=O) groups excluding carboxylic acids is 1. The highest BCUT2D eigenvalue weighted by Gasteiger charge is 2.34. The molecule has 4 rings (SSSR count). The van der Waals surface area contributed by atoms with Crippen molar-refractivity contribution >= 4 is 40.7 Å². The second kappa shape index (κ2) is 11.9. The van der Waals surface area contributed by atoms with Gasteiger partial charge >= 0.3 is 0 Å². The Labute approximate surface area is 222 Å². The van der Waals surface area contributed by atoms with Gasteiger partial charge in [-0.1, -0.05) is 36.2 Å². The molecule has 2 saturated heterocycles. The zero-order chi connectivity index (χ0) is 25.8. The van der Waals surface area contributed by atoms with E-state index in [-0.39, 0.29) is 23.3 Å². The summed E-state index contributed by atoms with van der Waals surface area (Å²) in [4.78, 5) is 27.2. The van der Waals surface area contributed by atoms with Gasteiger partial charge in [0, 0.05) is 49.9 Å². The smallest absolute Gasteiger partial charge is 0.271 e. The summed E-state index contributed by atoms with van der Waals surface area (Å²) in [6.07, 6.45) is 3.85. The predicted molar refractivity (Wildman–Crippen MR) is 144 cm³/mol. The van der Waals surface area contributed by atoms with Crippen molar-refractivity contribution in [3.8, 4) is 0 Å². The minimum Gasteiger partial charge on any atom is -0.396 e. The van der Waals surface area contributed by atoms with Gasteiger partial charge in [0.2, 0.25) is 0 Å². The lowest BCUT2D eigenvalue weighted by atomic mass is 9.97. The van der Waals surface area contributed by atoms with Crippen LogP contribution in [0.5, 0.6) is 0 Å². The van der Waals surface area contributed by atoms with Gasteiger partial charge in [0.05, 0.1) is 0 Å². The minimum atomic E-state index is -0.739. The molecule has 2 aliphatic rings. The number of halogens is 2. The molecule has 0 aliphatic carbocycles. The van der Waals surface area contributed by atoms with E-state index >= 15 is 0 Å². The molecule has 0 bridgehead atoms. The predicted octanol–water partition coefficient (Wildman–Crippen LogP) is 2.56. The molecule has 1 amide bonds. The van der Waals surface area contributed by atoms with Crippen LogP contribution < -0.4 is 16.4 Å². The number of hydrogen-bond donors (Lipinski definition) is 3. The highest BCUT2D eigenvalue weighted by atomic mass is 35.5. The van der Waals surface area contributed by atoms with E-state index in [1.807, 2.05) is 12.1 Å². The number of piperidine rings is 1. The molecule has 1 aromatic carbocycles. The number of rotatable bonds is 8. The molecule has 1 unspecified atom stereocenters. The molecule has 0 spiro atoms. The Morgan fingerprint density at radius 1 is 1.14 bits per heavy atom. The number of anilines is 2. The van der Waals surface area contributed by atoms with Gasteiger partial charge in [-0.3, -0.25) is 14.6 Å². The largest absolute Gasteiger partial charge is 0.396 e. The number of amides is 1.